The largest absolute Gasteiger partial charge is 0.481 e. The number of thioether (sulfide) groups is 1. The van der Waals surface area contributed by atoms with Crippen molar-refractivity contribution in [3.63, 3.8) is 0 Å². The molecule has 1 aliphatic rings. The maximum Gasteiger partial charge on any atom is 0.317 e. The van der Waals surface area contributed by atoms with Crippen LogP contribution in [0.1, 0.15) is 73.4 Å². The molecular formula is C37H42FNO8S. The number of aliphatic carboxylic acids is 2. The molecule has 0 aromatic heterocycles. The van der Waals surface area contributed by atoms with Crippen molar-refractivity contribution in [2.45, 2.75) is 70.1 Å². The SMILES string of the molecule is CSCC(O)CCc1ccc(N2C(=O)[C@H](CC[C@H](OC(C)=O)c3ccc(F)cc3)[C@H]2c2ccc(CCCC(C(=O)O)C(=O)O)cc2)cc1. The molecule has 9 nitrogen and oxygen atoms in total. The summed E-state index contributed by atoms with van der Waals surface area (Å²) in [6.45, 7) is 1.31. The average Bonchev–Trinajstić information content (AvgIpc) is 3.05. The van der Waals surface area contributed by atoms with E-state index in [2.05, 4.69) is 0 Å². The summed E-state index contributed by atoms with van der Waals surface area (Å²) in [6.07, 6.45) is 3.96. The molecule has 0 aliphatic carbocycles. The first-order chi connectivity index (χ1) is 23.0. The first-order valence-electron chi connectivity index (χ1n) is 16.0. The summed E-state index contributed by atoms with van der Waals surface area (Å²) < 4.78 is 19.2. The van der Waals surface area contributed by atoms with Crippen LogP contribution < -0.4 is 4.90 Å². The second-order valence-corrected chi connectivity index (χ2v) is 13.1. The minimum absolute atomic E-state index is 0.0173. The van der Waals surface area contributed by atoms with E-state index in [1.54, 1.807) is 28.8 Å². The van der Waals surface area contributed by atoms with Gasteiger partial charge in [-0.1, -0.05) is 48.5 Å². The van der Waals surface area contributed by atoms with Crippen molar-refractivity contribution in [3.8, 4) is 0 Å². The Morgan fingerprint density at radius 1 is 0.875 bits per heavy atom. The van der Waals surface area contributed by atoms with Crippen LogP contribution >= 0.6 is 11.8 Å². The van der Waals surface area contributed by atoms with E-state index in [0.29, 0.717) is 49.8 Å². The number of rotatable bonds is 18. The van der Waals surface area contributed by atoms with Crippen LogP contribution in [0, 0.1) is 17.7 Å². The summed E-state index contributed by atoms with van der Waals surface area (Å²) in [6, 6.07) is 20.9. The van der Waals surface area contributed by atoms with Crippen molar-refractivity contribution in [1.82, 2.24) is 0 Å². The summed E-state index contributed by atoms with van der Waals surface area (Å²) >= 11 is 1.60. The van der Waals surface area contributed by atoms with Gasteiger partial charge in [0.25, 0.3) is 0 Å². The van der Waals surface area contributed by atoms with Gasteiger partial charge in [-0.05, 0) is 97.7 Å². The van der Waals surface area contributed by atoms with E-state index in [-0.39, 0.29) is 24.5 Å². The van der Waals surface area contributed by atoms with E-state index in [9.17, 15) is 28.7 Å². The van der Waals surface area contributed by atoms with Crippen LogP contribution in [0.15, 0.2) is 72.8 Å². The molecule has 11 heteroatoms. The molecule has 0 saturated carbocycles. The summed E-state index contributed by atoms with van der Waals surface area (Å²) in [5, 5.41) is 28.4. The van der Waals surface area contributed by atoms with Gasteiger partial charge in [0, 0.05) is 18.4 Å². The Morgan fingerprint density at radius 3 is 2.06 bits per heavy atom. The average molecular weight is 680 g/mol. The number of aliphatic hydroxyl groups is 1. The number of aliphatic hydroxyl groups excluding tert-OH is 1. The lowest BCUT2D eigenvalue weighted by Gasteiger charge is -2.48. The Bertz CT molecular complexity index is 1530. The number of β-lactam (4-membered cyclic amide) rings is 1. The van der Waals surface area contributed by atoms with Gasteiger partial charge in [-0.15, -0.1) is 0 Å². The third kappa shape index (κ3) is 9.67. The zero-order chi connectivity index (χ0) is 34.8. The second kappa shape index (κ2) is 17.3. The third-order valence-corrected chi connectivity index (χ3v) is 9.44. The Labute approximate surface area is 284 Å². The fourth-order valence-electron chi connectivity index (χ4n) is 6.18. The van der Waals surface area contributed by atoms with Gasteiger partial charge in [0.1, 0.15) is 11.9 Å². The highest BCUT2D eigenvalue weighted by Crippen LogP contribution is 2.46. The predicted molar refractivity (Wildman–Crippen MR) is 181 cm³/mol. The molecule has 1 saturated heterocycles. The van der Waals surface area contributed by atoms with Gasteiger partial charge < -0.3 is 25.0 Å². The Balaban J connectivity index is 1.53. The van der Waals surface area contributed by atoms with Gasteiger partial charge in [0.2, 0.25) is 5.91 Å². The number of carboxylic acids is 2. The molecule has 4 rings (SSSR count). The van der Waals surface area contributed by atoms with Crippen LogP contribution in [0.4, 0.5) is 10.1 Å². The van der Waals surface area contributed by atoms with Gasteiger partial charge >= 0.3 is 17.9 Å². The number of nitrogens with zero attached hydrogens (tertiary/aromatic N) is 1. The van der Waals surface area contributed by atoms with E-state index in [0.717, 1.165) is 22.4 Å². The first kappa shape index (κ1) is 36.6. The fraction of sp³-hybridized carbons (Fsp3) is 0.405. The molecule has 1 heterocycles. The number of anilines is 1. The van der Waals surface area contributed by atoms with Crippen molar-refractivity contribution in [2.75, 3.05) is 16.9 Å². The topological polar surface area (TPSA) is 141 Å². The molecular weight excluding hydrogens is 637 g/mol. The quantitative estimate of drug-likeness (QED) is 0.0794. The fourth-order valence-corrected chi connectivity index (χ4v) is 6.73. The first-order valence-corrected chi connectivity index (χ1v) is 17.4. The van der Waals surface area contributed by atoms with Crippen molar-refractivity contribution in [1.29, 1.82) is 0 Å². The summed E-state index contributed by atoms with van der Waals surface area (Å²) in [7, 11) is 0. The van der Waals surface area contributed by atoms with Gasteiger partial charge in [0.05, 0.1) is 18.1 Å². The number of hydrogen-bond acceptors (Lipinski definition) is 7. The highest BCUT2D eigenvalue weighted by Gasteiger charge is 2.48. The maximum absolute atomic E-state index is 13.8. The predicted octanol–water partition coefficient (Wildman–Crippen LogP) is 6.38. The summed E-state index contributed by atoms with van der Waals surface area (Å²) in [4.78, 5) is 49.9. The van der Waals surface area contributed by atoms with E-state index in [1.807, 2.05) is 54.8 Å². The van der Waals surface area contributed by atoms with Crippen molar-refractivity contribution < 1.29 is 43.6 Å². The second-order valence-electron chi connectivity index (χ2n) is 12.2. The molecule has 3 aromatic carbocycles. The molecule has 0 radical (unpaired) electrons. The molecule has 3 aromatic rings. The number of carbonyl (C=O) groups is 4. The molecule has 256 valence electrons. The number of halogens is 1. The number of ether oxygens (including phenoxy) is 1. The number of aryl methyl sites for hydroxylation is 2. The van der Waals surface area contributed by atoms with Crippen LogP contribution in [0.5, 0.6) is 0 Å². The maximum atomic E-state index is 13.8. The van der Waals surface area contributed by atoms with Gasteiger partial charge in [-0.3, -0.25) is 19.2 Å². The lowest BCUT2D eigenvalue weighted by molar-refractivity contribution is -0.155. The molecule has 48 heavy (non-hydrogen) atoms. The monoisotopic (exact) mass is 679 g/mol. The smallest absolute Gasteiger partial charge is 0.317 e. The van der Waals surface area contributed by atoms with Crippen molar-refractivity contribution in [2.24, 2.45) is 11.8 Å². The van der Waals surface area contributed by atoms with E-state index < -0.39 is 41.7 Å². The molecule has 1 unspecified atom stereocenters. The summed E-state index contributed by atoms with van der Waals surface area (Å²) in [5.41, 5.74) is 4.25. The molecule has 1 fully saturated rings. The minimum atomic E-state index is -1.45. The Hall–Kier alpha value is -4.22. The Kier molecular flexibility index (Phi) is 13.2. The van der Waals surface area contributed by atoms with Crippen LogP contribution in [0.25, 0.3) is 0 Å². The number of amides is 1. The molecule has 4 atom stereocenters. The number of carboxylic acid groups (broad SMARTS) is 2. The number of carbonyl (C=O) groups excluding carboxylic acids is 2. The number of esters is 1. The normalized spacial score (nSPS) is 17.1. The van der Waals surface area contributed by atoms with Crippen molar-refractivity contribution >= 4 is 41.3 Å². The number of benzene rings is 3. The Morgan fingerprint density at radius 2 is 1.48 bits per heavy atom. The standard InChI is InChI=1S/C37H42FNO8S/c1-23(40)47-33(26-13-15-28(38)16-14-26)21-20-31-34(27-11-6-24(7-12-27)4-3-5-32(36(43)44)37(45)46)39(35(31)42)29-17-8-25(9-18-29)10-19-30(41)22-48-2/h6-9,11-18,30-34,41H,3-5,10,19-22H2,1-2H3,(H,43,44)(H,45,46)/t30?,31-,33+,34-/m1/s1. The van der Waals surface area contributed by atoms with Crippen molar-refractivity contribution in [3.05, 3.63) is 101 Å². The summed E-state index contributed by atoms with van der Waals surface area (Å²) in [5.74, 6) is -4.84. The van der Waals surface area contributed by atoms with Gasteiger partial charge in [0.15, 0.2) is 5.92 Å². The highest BCUT2D eigenvalue weighted by atomic mass is 32.2. The van der Waals surface area contributed by atoms with E-state index in [4.69, 9.17) is 14.9 Å². The third-order valence-electron chi connectivity index (χ3n) is 8.72. The molecule has 0 bridgehead atoms. The number of hydrogen-bond donors (Lipinski definition) is 3. The molecule has 3 N–H and O–H groups in total. The van der Waals surface area contributed by atoms with Gasteiger partial charge in [-0.2, -0.15) is 11.8 Å². The lowest BCUT2D eigenvalue weighted by atomic mass is 9.78. The zero-order valence-corrected chi connectivity index (χ0v) is 27.9. The van der Waals surface area contributed by atoms with Crippen LogP contribution in [-0.4, -0.2) is 57.2 Å². The highest BCUT2D eigenvalue weighted by molar-refractivity contribution is 7.98. The van der Waals surface area contributed by atoms with E-state index >= 15 is 0 Å². The van der Waals surface area contributed by atoms with E-state index in [1.165, 1.54) is 19.1 Å². The molecule has 0 spiro atoms. The molecule has 1 aliphatic heterocycles. The lowest BCUT2D eigenvalue weighted by Crippen LogP contribution is -2.55. The van der Waals surface area contributed by atoms with Crippen LogP contribution in [0.3, 0.4) is 0 Å². The van der Waals surface area contributed by atoms with Gasteiger partial charge in [-0.25, -0.2) is 4.39 Å². The minimum Gasteiger partial charge on any atom is -0.481 e. The molecule has 1 amide bonds. The van der Waals surface area contributed by atoms with Crippen LogP contribution in [0.2, 0.25) is 0 Å². The zero-order valence-electron chi connectivity index (χ0n) is 27.1. The van der Waals surface area contributed by atoms with Crippen LogP contribution in [-0.2, 0) is 36.8 Å².